The number of hydrogen-bond acceptors (Lipinski definition) is 5. The summed E-state index contributed by atoms with van der Waals surface area (Å²) in [6.45, 7) is 0. The van der Waals surface area contributed by atoms with Gasteiger partial charge in [-0.3, -0.25) is 0 Å². The summed E-state index contributed by atoms with van der Waals surface area (Å²) in [4.78, 5) is 15.1. The van der Waals surface area contributed by atoms with E-state index >= 15 is 0 Å². The van der Waals surface area contributed by atoms with Crippen LogP contribution in [0.15, 0.2) is 191 Å². The van der Waals surface area contributed by atoms with E-state index in [4.69, 9.17) is 23.8 Å². The summed E-state index contributed by atoms with van der Waals surface area (Å²) in [5.74, 6) is 1.83. The van der Waals surface area contributed by atoms with Crippen molar-refractivity contribution in [1.29, 1.82) is 0 Å². The van der Waals surface area contributed by atoms with Crippen molar-refractivity contribution in [1.82, 2.24) is 19.5 Å². The normalized spacial score (nSPS) is 11.9. The Morgan fingerprint density at radius 1 is 0.333 bits per heavy atom. The van der Waals surface area contributed by atoms with Crippen LogP contribution in [0, 0.1) is 0 Å². The minimum Gasteiger partial charge on any atom is -0.456 e. The van der Waals surface area contributed by atoms with E-state index in [1.807, 2.05) is 84.9 Å². The third kappa shape index (κ3) is 5.01. The summed E-state index contributed by atoms with van der Waals surface area (Å²) < 4.78 is 15.2. The molecule has 0 radical (unpaired) electrons. The Bertz CT molecular complexity index is 3450. The van der Waals surface area contributed by atoms with Gasteiger partial charge in [0.25, 0.3) is 0 Å². The van der Waals surface area contributed by atoms with Crippen LogP contribution in [0.2, 0.25) is 0 Å². The van der Waals surface area contributed by atoms with Crippen molar-refractivity contribution in [3.8, 4) is 51.0 Å². The number of rotatable bonds is 5. The van der Waals surface area contributed by atoms with Gasteiger partial charge >= 0.3 is 0 Å². The Morgan fingerprint density at radius 3 is 1.67 bits per heavy atom. The second kappa shape index (κ2) is 12.3. The van der Waals surface area contributed by atoms with Gasteiger partial charge in [-0.1, -0.05) is 121 Å². The van der Waals surface area contributed by atoms with Crippen LogP contribution in [-0.4, -0.2) is 19.5 Å². The van der Waals surface area contributed by atoms with Crippen LogP contribution in [0.25, 0.3) is 117 Å². The monoisotopic (exact) mass is 730 g/mol. The zero-order chi connectivity index (χ0) is 37.5. The maximum absolute atomic E-state index is 6.50. The van der Waals surface area contributed by atoms with Gasteiger partial charge in [0.1, 0.15) is 22.3 Å². The van der Waals surface area contributed by atoms with Crippen LogP contribution < -0.4 is 0 Å². The highest BCUT2D eigenvalue weighted by molar-refractivity contribution is 6.18. The summed E-state index contributed by atoms with van der Waals surface area (Å²) in [5.41, 5.74) is 11.6. The number of hydrogen-bond donors (Lipinski definition) is 0. The average molecular weight is 731 g/mol. The van der Waals surface area contributed by atoms with E-state index in [0.29, 0.717) is 17.5 Å². The number of fused-ring (bicyclic) bond motifs is 9. The standard InChI is InChI=1S/C51H30N4O2/c1-4-13-31(14-5-1)49-52-50(32-15-6-2-7-16-32)54-51(53-49)37-20-12-22-46-48(37)41-28-34(24-26-45(41)56-46)33-23-25-42-38(27-33)39-29-40-36-19-10-11-21-44(36)57-47(40)30-43(39)55(42)35-17-8-3-9-18-35/h1-30H. The third-order valence-electron chi connectivity index (χ3n) is 11.0. The zero-order valence-corrected chi connectivity index (χ0v) is 30.4. The lowest BCUT2D eigenvalue weighted by atomic mass is 9.99. The molecule has 57 heavy (non-hydrogen) atoms. The largest absolute Gasteiger partial charge is 0.456 e. The Labute approximate surface area is 325 Å². The fraction of sp³-hybridized carbons (Fsp3) is 0. The van der Waals surface area contributed by atoms with Crippen molar-refractivity contribution in [2.45, 2.75) is 0 Å². The molecule has 0 aliphatic carbocycles. The molecule has 8 aromatic carbocycles. The van der Waals surface area contributed by atoms with Gasteiger partial charge in [0.15, 0.2) is 17.5 Å². The van der Waals surface area contributed by atoms with E-state index < -0.39 is 0 Å². The van der Waals surface area contributed by atoms with Crippen LogP contribution in [0.5, 0.6) is 0 Å². The van der Waals surface area contributed by atoms with E-state index in [0.717, 1.165) is 88.4 Å². The first-order chi connectivity index (χ1) is 28.2. The molecule has 0 unspecified atom stereocenters. The number of aromatic nitrogens is 4. The number of para-hydroxylation sites is 2. The Morgan fingerprint density at radius 2 is 0.912 bits per heavy atom. The van der Waals surface area contributed by atoms with Gasteiger partial charge in [0.05, 0.1) is 11.0 Å². The first-order valence-electron chi connectivity index (χ1n) is 19.0. The van der Waals surface area contributed by atoms with Crippen molar-refractivity contribution in [3.05, 3.63) is 182 Å². The SMILES string of the molecule is c1ccc(-c2nc(-c3ccccc3)nc(-c3cccc4oc5ccc(-c6ccc7c(c6)c6cc8c(cc6n7-c6ccccc6)oc6ccccc68)cc5c34)n2)cc1. The molecule has 6 nitrogen and oxygen atoms in total. The maximum atomic E-state index is 6.50. The van der Waals surface area contributed by atoms with Crippen molar-refractivity contribution >= 4 is 65.7 Å². The average Bonchev–Trinajstić information content (AvgIpc) is 3.94. The van der Waals surface area contributed by atoms with Crippen LogP contribution in [0.1, 0.15) is 0 Å². The molecule has 0 amide bonds. The Kier molecular flexibility index (Phi) is 6.83. The molecule has 0 spiro atoms. The molecule has 0 N–H and O–H groups in total. The summed E-state index contributed by atoms with van der Waals surface area (Å²) in [6, 6.07) is 62.7. The lowest BCUT2D eigenvalue weighted by molar-refractivity contribution is 0.668. The lowest BCUT2D eigenvalue weighted by Crippen LogP contribution is -2.00. The third-order valence-corrected chi connectivity index (χ3v) is 11.0. The molecule has 266 valence electrons. The van der Waals surface area contributed by atoms with Gasteiger partial charge in [0, 0.05) is 60.8 Å². The Hall–Kier alpha value is -7.83. The second-order valence-electron chi connectivity index (χ2n) is 14.4. The summed E-state index contributed by atoms with van der Waals surface area (Å²) in [6.07, 6.45) is 0. The minimum atomic E-state index is 0.592. The van der Waals surface area contributed by atoms with Crippen LogP contribution in [0.4, 0.5) is 0 Å². The van der Waals surface area contributed by atoms with Crippen molar-refractivity contribution in [2.24, 2.45) is 0 Å². The van der Waals surface area contributed by atoms with Gasteiger partial charge in [-0.15, -0.1) is 0 Å². The fourth-order valence-corrected chi connectivity index (χ4v) is 8.39. The molecule has 0 aliphatic heterocycles. The Balaban J connectivity index is 1.06. The van der Waals surface area contributed by atoms with Crippen LogP contribution >= 0.6 is 0 Å². The molecular weight excluding hydrogens is 701 g/mol. The van der Waals surface area contributed by atoms with E-state index in [-0.39, 0.29) is 0 Å². The highest BCUT2D eigenvalue weighted by Gasteiger charge is 2.20. The van der Waals surface area contributed by atoms with E-state index in [2.05, 4.69) is 102 Å². The second-order valence-corrected chi connectivity index (χ2v) is 14.4. The molecule has 4 heterocycles. The van der Waals surface area contributed by atoms with E-state index in [1.54, 1.807) is 0 Å². The highest BCUT2D eigenvalue weighted by atomic mass is 16.3. The lowest BCUT2D eigenvalue weighted by Gasteiger charge is -2.09. The summed E-state index contributed by atoms with van der Waals surface area (Å²) in [5, 5.41) is 6.53. The van der Waals surface area contributed by atoms with Gasteiger partial charge in [-0.25, -0.2) is 15.0 Å². The topological polar surface area (TPSA) is 69.9 Å². The molecule has 12 rings (SSSR count). The molecule has 4 aromatic heterocycles. The molecule has 0 bridgehead atoms. The van der Waals surface area contributed by atoms with Gasteiger partial charge in [-0.05, 0) is 65.7 Å². The van der Waals surface area contributed by atoms with E-state index in [1.165, 1.54) is 10.8 Å². The predicted octanol–water partition coefficient (Wildman–Crippen LogP) is 13.4. The van der Waals surface area contributed by atoms with Gasteiger partial charge < -0.3 is 13.4 Å². The number of benzene rings is 8. The van der Waals surface area contributed by atoms with Crippen molar-refractivity contribution in [2.75, 3.05) is 0 Å². The highest BCUT2D eigenvalue weighted by Crippen LogP contribution is 2.42. The summed E-state index contributed by atoms with van der Waals surface area (Å²) >= 11 is 0. The number of furan rings is 2. The minimum absolute atomic E-state index is 0.592. The smallest absolute Gasteiger partial charge is 0.164 e. The van der Waals surface area contributed by atoms with Crippen molar-refractivity contribution in [3.63, 3.8) is 0 Å². The molecule has 0 saturated heterocycles. The van der Waals surface area contributed by atoms with Gasteiger partial charge in [-0.2, -0.15) is 0 Å². The quantitative estimate of drug-likeness (QED) is 0.176. The maximum Gasteiger partial charge on any atom is 0.164 e. The molecule has 0 atom stereocenters. The predicted molar refractivity (Wildman–Crippen MR) is 230 cm³/mol. The van der Waals surface area contributed by atoms with Crippen LogP contribution in [-0.2, 0) is 0 Å². The first-order valence-corrected chi connectivity index (χ1v) is 19.0. The first kappa shape index (κ1) is 31.5. The zero-order valence-electron chi connectivity index (χ0n) is 30.4. The molecule has 0 aliphatic rings. The molecule has 12 aromatic rings. The van der Waals surface area contributed by atoms with Crippen LogP contribution in [0.3, 0.4) is 0 Å². The van der Waals surface area contributed by atoms with Gasteiger partial charge in [0.2, 0.25) is 0 Å². The molecular formula is C51H30N4O2. The summed E-state index contributed by atoms with van der Waals surface area (Å²) in [7, 11) is 0. The fourth-order valence-electron chi connectivity index (χ4n) is 8.39. The molecule has 6 heteroatoms. The molecule has 0 fully saturated rings. The van der Waals surface area contributed by atoms with Crippen molar-refractivity contribution < 1.29 is 8.83 Å². The van der Waals surface area contributed by atoms with E-state index in [9.17, 15) is 0 Å². The molecule has 0 saturated carbocycles. The number of nitrogens with zero attached hydrogens (tertiary/aromatic N) is 4.